The molecule has 0 radical (unpaired) electrons. The van der Waals surface area contributed by atoms with Crippen LogP contribution in [0.2, 0.25) is 0 Å². The van der Waals surface area contributed by atoms with E-state index in [0.29, 0.717) is 17.3 Å². The van der Waals surface area contributed by atoms with Gasteiger partial charge in [0, 0.05) is 0 Å². The fourth-order valence-electron chi connectivity index (χ4n) is 3.82. The number of carbonyl (C=O) groups excluding carboxylic acids is 1. The Labute approximate surface area is 210 Å². The van der Waals surface area contributed by atoms with Crippen LogP contribution in [0.3, 0.4) is 0 Å². The summed E-state index contributed by atoms with van der Waals surface area (Å²) in [4.78, 5) is 23.0. The Bertz CT molecular complexity index is 1350. The molecule has 0 saturated carbocycles. The van der Waals surface area contributed by atoms with Crippen LogP contribution < -0.4 is 20.1 Å². The zero-order valence-electron chi connectivity index (χ0n) is 20.3. The zero-order chi connectivity index (χ0) is 24.9. The molecule has 35 heavy (non-hydrogen) atoms. The average molecular weight is 539 g/mol. The van der Waals surface area contributed by atoms with Gasteiger partial charge in [-0.3, -0.25) is 0 Å². The van der Waals surface area contributed by atoms with Crippen LogP contribution in [0, 0.1) is 6.92 Å². The van der Waals surface area contributed by atoms with Crippen molar-refractivity contribution >= 4 is 37.3 Å². The summed E-state index contributed by atoms with van der Waals surface area (Å²) in [6.45, 7) is 4.23. The molecule has 0 saturated heterocycles. The number of anilines is 1. The van der Waals surface area contributed by atoms with Crippen LogP contribution in [0.1, 0.15) is 28.8 Å². The van der Waals surface area contributed by atoms with Crippen molar-refractivity contribution in [2.45, 2.75) is 26.5 Å². The first kappa shape index (κ1) is 24.6. The van der Waals surface area contributed by atoms with Gasteiger partial charge in [-0.1, -0.05) is 0 Å². The maximum absolute atomic E-state index is 11.5. The molecule has 4 aromatic rings. The van der Waals surface area contributed by atoms with Crippen LogP contribution in [-0.2, 0) is 11.3 Å². The van der Waals surface area contributed by atoms with E-state index in [9.17, 15) is 4.79 Å². The van der Waals surface area contributed by atoms with E-state index in [0.717, 1.165) is 33.4 Å². The quantitative estimate of drug-likeness (QED) is 0.313. The molecule has 1 unspecified atom stereocenters. The van der Waals surface area contributed by atoms with Crippen LogP contribution in [0.4, 0.5) is 10.6 Å². The first-order valence-electron chi connectivity index (χ1n) is 11.1. The molecule has 0 aliphatic heterocycles. The van der Waals surface area contributed by atoms with Gasteiger partial charge in [-0.2, -0.15) is 0 Å². The van der Waals surface area contributed by atoms with Gasteiger partial charge >= 0.3 is 211 Å². The van der Waals surface area contributed by atoms with Gasteiger partial charge in [0.1, 0.15) is 0 Å². The number of ether oxygens (including phenoxy) is 3. The minimum absolute atomic E-state index is 0.0589. The number of carbonyl (C=O) groups is 1. The molecule has 182 valence electrons. The Balaban J connectivity index is 1.61. The van der Waals surface area contributed by atoms with Gasteiger partial charge in [-0.05, 0) is 0 Å². The van der Waals surface area contributed by atoms with E-state index in [4.69, 9.17) is 14.2 Å². The van der Waals surface area contributed by atoms with Crippen molar-refractivity contribution in [1.82, 2.24) is 15.3 Å². The number of aromatic nitrogens is 2. The molecule has 4 rings (SSSR count). The Morgan fingerprint density at radius 1 is 1.09 bits per heavy atom. The molecular formula is C26H28N4O4Se. The molecule has 2 aromatic heterocycles. The Hall–Kier alpha value is -3.55. The number of amides is 1. The topological polar surface area (TPSA) is 94.6 Å². The van der Waals surface area contributed by atoms with Crippen molar-refractivity contribution in [3.63, 3.8) is 0 Å². The van der Waals surface area contributed by atoms with Gasteiger partial charge in [0.15, 0.2) is 0 Å². The number of alkyl carbamates (subject to hydrolysis) is 1. The van der Waals surface area contributed by atoms with E-state index >= 15 is 0 Å². The third-order valence-electron chi connectivity index (χ3n) is 5.60. The van der Waals surface area contributed by atoms with E-state index in [2.05, 4.69) is 44.6 Å². The maximum atomic E-state index is 11.5. The predicted octanol–water partition coefficient (Wildman–Crippen LogP) is 4.71. The fourth-order valence-corrected chi connectivity index (χ4v) is 5.74. The molecule has 1 amide bonds. The molecule has 2 heterocycles. The van der Waals surface area contributed by atoms with Crippen molar-refractivity contribution in [3.05, 3.63) is 63.2 Å². The van der Waals surface area contributed by atoms with Crippen molar-refractivity contribution in [2.75, 3.05) is 26.6 Å². The standard InChI is InChI=1S/C26H28N4O4Se/c1-15(28-25-20-11-22(32-4)23(33-5)12-21(20)29-16(2)30-25)24-10-18(14-35-24)19-9-7-6-8-17(19)13-34-26(31)27-3/h6-12,14-15H,13H2,1-5H3,(H,27,31)(H,28,29,30). The molecule has 0 spiro atoms. The number of methoxy groups -OCH3 is 2. The van der Waals surface area contributed by atoms with E-state index in [1.807, 2.05) is 37.3 Å². The van der Waals surface area contributed by atoms with Crippen molar-refractivity contribution in [2.24, 2.45) is 0 Å². The second-order valence-electron chi connectivity index (χ2n) is 7.93. The fraction of sp³-hybridized carbons (Fsp3) is 0.269. The number of hydrogen-bond acceptors (Lipinski definition) is 7. The van der Waals surface area contributed by atoms with Crippen LogP contribution in [0.5, 0.6) is 11.5 Å². The molecule has 0 aliphatic rings. The van der Waals surface area contributed by atoms with E-state index in [-0.39, 0.29) is 27.2 Å². The van der Waals surface area contributed by atoms with Gasteiger partial charge < -0.3 is 0 Å². The molecule has 0 fully saturated rings. The monoisotopic (exact) mass is 540 g/mol. The Kier molecular flexibility index (Phi) is 7.58. The summed E-state index contributed by atoms with van der Waals surface area (Å²) in [5.41, 5.74) is 3.97. The van der Waals surface area contributed by atoms with Gasteiger partial charge in [0.05, 0.1) is 0 Å². The van der Waals surface area contributed by atoms with Crippen LogP contribution >= 0.6 is 0 Å². The number of nitrogens with one attached hydrogen (secondary N) is 2. The second kappa shape index (κ2) is 10.8. The minimum atomic E-state index is -0.444. The molecule has 0 bridgehead atoms. The summed E-state index contributed by atoms with van der Waals surface area (Å²) >= 11 is 0.176. The van der Waals surface area contributed by atoms with Gasteiger partial charge in [0.25, 0.3) is 0 Å². The van der Waals surface area contributed by atoms with Gasteiger partial charge in [-0.25, -0.2) is 0 Å². The Morgan fingerprint density at radius 3 is 2.57 bits per heavy atom. The second-order valence-corrected chi connectivity index (χ2v) is 9.91. The normalized spacial score (nSPS) is 11.7. The third kappa shape index (κ3) is 5.42. The first-order chi connectivity index (χ1) is 16.9. The predicted molar refractivity (Wildman–Crippen MR) is 137 cm³/mol. The first-order valence-corrected chi connectivity index (χ1v) is 13.0. The molecule has 2 N–H and O–H groups in total. The summed E-state index contributed by atoms with van der Waals surface area (Å²) in [5, 5.41) is 6.93. The number of rotatable bonds is 8. The molecule has 9 heteroatoms. The molecule has 2 aromatic carbocycles. The summed E-state index contributed by atoms with van der Waals surface area (Å²) in [6.07, 6.45) is -0.444. The molecule has 1 atom stereocenters. The van der Waals surface area contributed by atoms with Crippen LogP contribution in [0.15, 0.2) is 47.4 Å². The van der Waals surface area contributed by atoms with Gasteiger partial charge in [-0.15, -0.1) is 0 Å². The number of aryl methyl sites for hydroxylation is 1. The number of fused-ring (bicyclic) bond motifs is 1. The van der Waals surface area contributed by atoms with E-state index < -0.39 is 6.09 Å². The number of hydrogen-bond donors (Lipinski definition) is 2. The Morgan fingerprint density at radius 2 is 1.83 bits per heavy atom. The molecule has 0 aliphatic carbocycles. The molecular weight excluding hydrogens is 511 g/mol. The van der Waals surface area contributed by atoms with Crippen molar-refractivity contribution in [3.8, 4) is 22.6 Å². The van der Waals surface area contributed by atoms with Crippen LogP contribution in [-0.4, -0.2) is 51.8 Å². The van der Waals surface area contributed by atoms with E-state index in [1.54, 1.807) is 21.3 Å². The summed E-state index contributed by atoms with van der Waals surface area (Å²) in [7, 11) is 4.78. The summed E-state index contributed by atoms with van der Waals surface area (Å²) in [5.74, 6) is 2.69. The molecule has 8 nitrogen and oxygen atoms in total. The van der Waals surface area contributed by atoms with Gasteiger partial charge in [0.2, 0.25) is 0 Å². The number of benzene rings is 2. The summed E-state index contributed by atoms with van der Waals surface area (Å²) < 4.78 is 17.5. The average Bonchev–Trinajstić information content (AvgIpc) is 3.37. The van der Waals surface area contributed by atoms with E-state index in [1.165, 1.54) is 4.44 Å². The SMILES string of the molecule is CNC(=O)OCc1ccccc1-c1c[se]c(C(C)Nc2nc(C)nc3cc(OC)c(OC)cc23)c1. The summed E-state index contributed by atoms with van der Waals surface area (Å²) in [6, 6.07) is 14.0. The van der Waals surface area contributed by atoms with Crippen LogP contribution in [0.25, 0.3) is 22.0 Å². The van der Waals surface area contributed by atoms with Crippen molar-refractivity contribution in [1.29, 1.82) is 0 Å². The number of nitrogens with zero attached hydrogens (tertiary/aromatic N) is 2. The zero-order valence-corrected chi connectivity index (χ0v) is 22.1. The van der Waals surface area contributed by atoms with Crippen molar-refractivity contribution < 1.29 is 19.0 Å². The third-order valence-corrected chi connectivity index (χ3v) is 7.94.